The van der Waals surface area contributed by atoms with Gasteiger partial charge in [0, 0.05) is 49.5 Å². The Morgan fingerprint density at radius 3 is 2.56 bits per heavy atom. The molecule has 2 atom stereocenters. The van der Waals surface area contributed by atoms with Crippen molar-refractivity contribution in [3.05, 3.63) is 83.1 Å². The van der Waals surface area contributed by atoms with Crippen LogP contribution in [0.4, 0.5) is 27.8 Å². The van der Waals surface area contributed by atoms with Crippen LogP contribution in [-0.4, -0.2) is 57.4 Å². The first-order valence-corrected chi connectivity index (χ1v) is 13.7. The minimum atomic E-state index is -4.58. The predicted octanol–water partition coefficient (Wildman–Crippen LogP) is 4.85. The summed E-state index contributed by atoms with van der Waals surface area (Å²) in [5.41, 5.74) is 1.10. The lowest BCUT2D eigenvalue weighted by Gasteiger charge is -2.40. The largest absolute Gasteiger partial charge is 0.416 e. The number of rotatable bonds is 5. The summed E-state index contributed by atoms with van der Waals surface area (Å²) in [4.78, 5) is 40.2. The van der Waals surface area contributed by atoms with Crippen LogP contribution in [0.5, 0.6) is 0 Å². The molecular weight excluding hydrogens is 573 g/mol. The number of halogens is 5. The van der Waals surface area contributed by atoms with Crippen molar-refractivity contribution in [1.82, 2.24) is 9.88 Å². The van der Waals surface area contributed by atoms with Crippen molar-refractivity contribution in [1.29, 1.82) is 0 Å². The molecule has 9 nitrogen and oxygen atoms in total. The van der Waals surface area contributed by atoms with E-state index in [1.807, 2.05) is 0 Å². The van der Waals surface area contributed by atoms with Crippen LogP contribution in [0.3, 0.4) is 0 Å². The number of aliphatic imine (C=N–C) groups is 2. The zero-order valence-corrected chi connectivity index (χ0v) is 22.7. The third-order valence-electron chi connectivity index (χ3n) is 8.12. The van der Waals surface area contributed by atoms with Gasteiger partial charge in [-0.25, -0.2) is 13.8 Å². The Bertz CT molecular complexity index is 1590. The molecule has 0 bridgehead atoms. The molecule has 4 aliphatic rings. The van der Waals surface area contributed by atoms with Crippen LogP contribution in [0.1, 0.15) is 47.2 Å². The third kappa shape index (κ3) is 5.47. The van der Waals surface area contributed by atoms with E-state index < -0.39 is 42.3 Å². The van der Waals surface area contributed by atoms with Crippen LogP contribution in [0.2, 0.25) is 0 Å². The molecule has 6 rings (SSSR count). The van der Waals surface area contributed by atoms with E-state index in [1.54, 1.807) is 35.6 Å². The van der Waals surface area contributed by atoms with Gasteiger partial charge >= 0.3 is 6.18 Å². The van der Waals surface area contributed by atoms with Crippen molar-refractivity contribution in [3.63, 3.8) is 0 Å². The maximum Gasteiger partial charge on any atom is 0.416 e. The van der Waals surface area contributed by atoms with Crippen molar-refractivity contribution < 1.29 is 36.1 Å². The normalized spacial score (nSPS) is 24.8. The van der Waals surface area contributed by atoms with Gasteiger partial charge in [0.05, 0.1) is 23.5 Å². The number of amidine groups is 1. The number of nitrogens with two attached hydrogens (primary N) is 1. The van der Waals surface area contributed by atoms with E-state index in [1.165, 1.54) is 12.1 Å². The van der Waals surface area contributed by atoms with Crippen LogP contribution >= 0.6 is 0 Å². The molecule has 2 fully saturated rings. The molecule has 3 aliphatic heterocycles. The SMILES string of the molecule is N[N+]12C=CN=CC1=C(C1CCCN(C(=O)C3CC(F)(F)C3)C1)N=C2c1ccc(C(=O)Nc2cc(C(F)(F)F)ccn2)cc1. The van der Waals surface area contributed by atoms with Crippen LogP contribution in [0, 0.1) is 11.8 Å². The fraction of sp³-hybridized carbons (Fsp3) is 0.345. The molecule has 1 aromatic heterocycles. The first kappa shape index (κ1) is 28.8. The first-order chi connectivity index (χ1) is 20.3. The number of aromatic nitrogens is 1. The standard InChI is InChI=1S/C29H26F5N7O2/c30-28(31)13-20(14-28)27(43)40-10-1-2-19(16-40)24-22-15-36-9-11-41(22,35)25(39-24)17-3-5-18(6-4-17)26(42)38-23-12-21(7-8-37-23)29(32,33)34/h3-9,11-12,15,19-20H,1-2,10,13-14,16,35H2/p+1. The maximum atomic E-state index is 13.4. The molecule has 1 saturated carbocycles. The number of hydrogen-bond acceptors (Lipinski definition) is 6. The number of nitrogens with zero attached hydrogens (tertiary/aromatic N) is 5. The lowest BCUT2D eigenvalue weighted by molar-refractivity contribution is -0.750. The molecule has 0 radical (unpaired) electrons. The topological polar surface area (TPSA) is 113 Å². The highest BCUT2D eigenvalue weighted by Crippen LogP contribution is 2.44. The van der Waals surface area contributed by atoms with Gasteiger partial charge in [0.1, 0.15) is 17.7 Å². The van der Waals surface area contributed by atoms with Gasteiger partial charge in [0.25, 0.3) is 11.7 Å². The van der Waals surface area contributed by atoms with Crippen molar-refractivity contribution in [3.8, 4) is 0 Å². The number of fused-ring (bicyclic) bond motifs is 1. The van der Waals surface area contributed by atoms with E-state index in [9.17, 15) is 31.5 Å². The number of amides is 2. The van der Waals surface area contributed by atoms with E-state index in [0.29, 0.717) is 42.3 Å². The van der Waals surface area contributed by atoms with Gasteiger partial charge in [0.2, 0.25) is 17.5 Å². The Labute approximate surface area is 242 Å². The number of pyridine rings is 1. The van der Waals surface area contributed by atoms with Gasteiger partial charge < -0.3 is 10.2 Å². The fourth-order valence-corrected chi connectivity index (χ4v) is 5.84. The summed E-state index contributed by atoms with van der Waals surface area (Å²) >= 11 is 0. The quantitative estimate of drug-likeness (QED) is 0.290. The summed E-state index contributed by atoms with van der Waals surface area (Å²) < 4.78 is 65.6. The molecular formula is C29H27F5N7O2+. The molecule has 2 amide bonds. The van der Waals surface area contributed by atoms with Crippen molar-refractivity contribution >= 4 is 29.7 Å². The number of anilines is 1. The Hall–Kier alpha value is -4.30. The molecule has 4 heterocycles. The minimum absolute atomic E-state index is 0.178. The van der Waals surface area contributed by atoms with Crippen LogP contribution < -0.4 is 11.2 Å². The summed E-state index contributed by atoms with van der Waals surface area (Å²) in [6.45, 7) is 0.823. The third-order valence-corrected chi connectivity index (χ3v) is 8.12. The molecule has 2 aromatic rings. The second-order valence-corrected chi connectivity index (χ2v) is 11.1. The Kier molecular flexibility index (Phi) is 7.00. The molecule has 43 heavy (non-hydrogen) atoms. The zero-order valence-electron chi connectivity index (χ0n) is 22.7. The molecule has 0 spiro atoms. The van der Waals surface area contributed by atoms with Gasteiger partial charge in [-0.2, -0.15) is 24.0 Å². The van der Waals surface area contributed by atoms with Crippen molar-refractivity contribution in [2.75, 3.05) is 18.4 Å². The Morgan fingerprint density at radius 1 is 1.12 bits per heavy atom. The number of piperidine rings is 1. The number of alkyl halides is 5. The van der Waals surface area contributed by atoms with Crippen molar-refractivity contribution in [2.24, 2.45) is 27.7 Å². The summed E-state index contributed by atoms with van der Waals surface area (Å²) in [5, 5.41) is 2.38. The van der Waals surface area contributed by atoms with Crippen LogP contribution in [-0.2, 0) is 11.0 Å². The van der Waals surface area contributed by atoms with Gasteiger partial charge in [-0.05, 0) is 49.2 Å². The molecule has 3 N–H and O–H groups in total. The molecule has 1 aliphatic carbocycles. The molecule has 14 heteroatoms. The van der Waals surface area contributed by atoms with Crippen LogP contribution in [0.15, 0.2) is 76.4 Å². The zero-order chi connectivity index (χ0) is 30.6. The number of carbonyl (C=O) groups excluding carboxylic acids is 2. The number of hydrogen-bond donors (Lipinski definition) is 2. The number of benzene rings is 1. The summed E-state index contributed by atoms with van der Waals surface area (Å²) in [7, 11) is 0. The van der Waals surface area contributed by atoms with E-state index in [-0.39, 0.29) is 27.8 Å². The first-order valence-electron chi connectivity index (χ1n) is 13.7. The highest BCUT2D eigenvalue weighted by atomic mass is 19.4. The van der Waals surface area contributed by atoms with E-state index in [2.05, 4.69) is 15.3 Å². The average Bonchev–Trinajstić information content (AvgIpc) is 3.28. The molecule has 224 valence electrons. The highest BCUT2D eigenvalue weighted by Gasteiger charge is 2.51. The average molecular weight is 601 g/mol. The predicted molar refractivity (Wildman–Crippen MR) is 146 cm³/mol. The number of quaternary nitrogens is 1. The van der Waals surface area contributed by atoms with Crippen LogP contribution in [0.25, 0.3) is 0 Å². The number of likely N-dealkylation sites (tertiary alicyclic amines) is 1. The second kappa shape index (κ2) is 10.5. The Balaban J connectivity index is 1.21. The van der Waals surface area contributed by atoms with E-state index in [0.717, 1.165) is 24.8 Å². The van der Waals surface area contributed by atoms with Gasteiger partial charge in [-0.1, -0.05) is 0 Å². The fourth-order valence-electron chi connectivity index (χ4n) is 5.84. The van der Waals surface area contributed by atoms with Gasteiger partial charge in [0.15, 0.2) is 0 Å². The van der Waals surface area contributed by atoms with Gasteiger partial charge in [-0.3, -0.25) is 14.6 Å². The lowest BCUT2D eigenvalue weighted by Crippen LogP contribution is -2.53. The van der Waals surface area contributed by atoms with Gasteiger partial charge in [-0.15, -0.1) is 4.59 Å². The second-order valence-electron chi connectivity index (χ2n) is 11.1. The molecule has 1 aromatic carbocycles. The van der Waals surface area contributed by atoms with E-state index in [4.69, 9.17) is 10.8 Å². The number of carbonyl (C=O) groups is 2. The maximum absolute atomic E-state index is 13.4. The minimum Gasteiger partial charge on any atom is -0.342 e. The Morgan fingerprint density at radius 2 is 1.86 bits per heavy atom. The molecule has 2 unspecified atom stereocenters. The molecule has 1 saturated heterocycles. The summed E-state index contributed by atoms with van der Waals surface area (Å²) in [5.74, 6) is 2.48. The highest BCUT2D eigenvalue weighted by molar-refractivity contribution is 6.05. The van der Waals surface area contributed by atoms with E-state index >= 15 is 0 Å². The smallest absolute Gasteiger partial charge is 0.342 e. The van der Waals surface area contributed by atoms with Crippen molar-refractivity contribution in [2.45, 2.75) is 37.8 Å². The summed E-state index contributed by atoms with van der Waals surface area (Å²) in [6, 6.07) is 7.83. The lowest BCUT2D eigenvalue weighted by atomic mass is 9.79. The number of nitrogens with one attached hydrogen (secondary N) is 1. The number of allylic oxidation sites excluding steroid dienone is 1. The monoisotopic (exact) mass is 600 g/mol. The summed E-state index contributed by atoms with van der Waals surface area (Å²) in [6.07, 6.45) is 1.76.